The Morgan fingerprint density at radius 1 is 0.848 bits per heavy atom. The lowest BCUT2D eigenvalue weighted by Crippen LogP contribution is -2.17. The lowest BCUT2D eigenvalue weighted by Gasteiger charge is -2.19. The van der Waals surface area contributed by atoms with Crippen molar-refractivity contribution in [2.45, 2.75) is 45.6 Å². The molecule has 46 heavy (non-hydrogen) atoms. The molecule has 0 aliphatic rings. The number of hydrogen-bond donors (Lipinski definition) is 1. The van der Waals surface area contributed by atoms with Crippen LogP contribution in [0.1, 0.15) is 70.5 Å². The first-order valence-electron chi connectivity index (χ1n) is 15.5. The van der Waals surface area contributed by atoms with Crippen LogP contribution in [0.3, 0.4) is 0 Å². The molecule has 8 nitrogen and oxygen atoms in total. The van der Waals surface area contributed by atoms with Gasteiger partial charge in [-0.25, -0.2) is 4.98 Å². The number of ketones is 1. The zero-order valence-electron chi connectivity index (χ0n) is 26.1. The van der Waals surface area contributed by atoms with Gasteiger partial charge in [-0.2, -0.15) is 4.98 Å². The molecule has 4 aromatic carbocycles. The molecular formula is C38H36N4O4. The van der Waals surface area contributed by atoms with Crippen molar-refractivity contribution in [2.24, 2.45) is 0 Å². The van der Waals surface area contributed by atoms with Crippen LogP contribution in [0, 0.1) is 6.92 Å². The van der Waals surface area contributed by atoms with E-state index in [9.17, 15) is 4.79 Å². The number of hydrogen-bond acceptors (Lipinski definition) is 8. The van der Waals surface area contributed by atoms with E-state index in [2.05, 4.69) is 20.4 Å². The van der Waals surface area contributed by atoms with Gasteiger partial charge in [0.15, 0.2) is 11.6 Å². The highest BCUT2D eigenvalue weighted by Crippen LogP contribution is 2.28. The molecule has 0 amide bonds. The van der Waals surface area contributed by atoms with Crippen LogP contribution in [-0.2, 0) is 12.8 Å². The number of nitrogens with zero attached hydrogens (tertiary/aromatic N) is 3. The van der Waals surface area contributed by atoms with Crippen molar-refractivity contribution in [3.05, 3.63) is 149 Å². The van der Waals surface area contributed by atoms with Gasteiger partial charge < -0.3 is 19.0 Å². The quantitative estimate of drug-likeness (QED) is 0.130. The summed E-state index contributed by atoms with van der Waals surface area (Å²) < 4.78 is 17.7. The summed E-state index contributed by atoms with van der Waals surface area (Å²) in [5, 5.41) is 7.74. The van der Waals surface area contributed by atoms with Crippen LogP contribution in [0.25, 0.3) is 11.5 Å². The first kappa shape index (κ1) is 30.5. The predicted octanol–water partition coefficient (Wildman–Crippen LogP) is 8.40. The van der Waals surface area contributed by atoms with Crippen molar-refractivity contribution in [3.63, 3.8) is 0 Å². The zero-order valence-corrected chi connectivity index (χ0v) is 26.1. The van der Waals surface area contributed by atoms with Crippen LogP contribution in [-0.4, -0.2) is 27.5 Å². The minimum atomic E-state index is -0.370. The van der Waals surface area contributed by atoms with Gasteiger partial charge in [-0.3, -0.25) is 4.79 Å². The lowest BCUT2D eigenvalue weighted by molar-refractivity contribution is 0.103. The van der Waals surface area contributed by atoms with E-state index in [0.717, 1.165) is 28.3 Å². The van der Waals surface area contributed by atoms with Gasteiger partial charge >= 0.3 is 0 Å². The van der Waals surface area contributed by atoms with Gasteiger partial charge in [0, 0.05) is 41.1 Å². The summed E-state index contributed by atoms with van der Waals surface area (Å²) in [7, 11) is 0. The minimum Gasteiger partial charge on any atom is -0.493 e. The van der Waals surface area contributed by atoms with Gasteiger partial charge in [-0.15, -0.1) is 0 Å². The van der Waals surface area contributed by atoms with Gasteiger partial charge in [0.2, 0.25) is 11.8 Å². The molecule has 0 aliphatic heterocycles. The van der Waals surface area contributed by atoms with E-state index < -0.39 is 0 Å². The molecule has 6 rings (SSSR count). The molecule has 0 fully saturated rings. The van der Waals surface area contributed by atoms with Gasteiger partial charge in [0.25, 0.3) is 0 Å². The third-order valence-corrected chi connectivity index (χ3v) is 7.69. The Morgan fingerprint density at radius 2 is 1.54 bits per heavy atom. The van der Waals surface area contributed by atoms with Crippen LogP contribution in [0.2, 0.25) is 0 Å². The molecule has 2 heterocycles. The van der Waals surface area contributed by atoms with E-state index >= 15 is 0 Å². The van der Waals surface area contributed by atoms with E-state index in [-0.39, 0.29) is 17.7 Å². The molecule has 0 saturated carbocycles. The first-order valence-corrected chi connectivity index (χ1v) is 15.5. The SMILES string of the molecule is Cc1oc(-c2ccccc2)nc1CCOc1ccc(C[C@H](Nc2ccccc2C(=O)c2ccccc2)c2nc(C(C)C)no2)cc1. The Balaban J connectivity index is 1.15. The smallest absolute Gasteiger partial charge is 0.249 e. The van der Waals surface area contributed by atoms with Gasteiger partial charge in [0.05, 0.1) is 12.3 Å². The summed E-state index contributed by atoms with van der Waals surface area (Å²) >= 11 is 0. The first-order chi connectivity index (χ1) is 22.4. The summed E-state index contributed by atoms with van der Waals surface area (Å²) in [5.74, 6) is 3.33. The third kappa shape index (κ3) is 7.24. The van der Waals surface area contributed by atoms with E-state index in [1.807, 2.05) is 130 Å². The highest BCUT2D eigenvalue weighted by molar-refractivity contribution is 6.12. The predicted molar refractivity (Wildman–Crippen MR) is 177 cm³/mol. The molecule has 1 atom stereocenters. The topological polar surface area (TPSA) is 103 Å². The highest BCUT2D eigenvalue weighted by Gasteiger charge is 2.23. The second-order valence-corrected chi connectivity index (χ2v) is 11.4. The van der Waals surface area contributed by atoms with Crippen molar-refractivity contribution in [1.29, 1.82) is 0 Å². The molecule has 0 radical (unpaired) electrons. The van der Waals surface area contributed by atoms with Crippen molar-refractivity contribution in [3.8, 4) is 17.2 Å². The molecule has 1 N–H and O–H groups in total. The normalized spacial score (nSPS) is 11.8. The second-order valence-electron chi connectivity index (χ2n) is 11.4. The van der Waals surface area contributed by atoms with Crippen molar-refractivity contribution in [1.82, 2.24) is 15.1 Å². The number of nitrogens with one attached hydrogen (secondary N) is 1. The highest BCUT2D eigenvalue weighted by atomic mass is 16.5. The lowest BCUT2D eigenvalue weighted by atomic mass is 10.00. The van der Waals surface area contributed by atoms with Crippen molar-refractivity contribution in [2.75, 3.05) is 11.9 Å². The molecule has 0 spiro atoms. The van der Waals surface area contributed by atoms with Crippen molar-refractivity contribution < 1.29 is 18.5 Å². The number of benzene rings is 4. The average Bonchev–Trinajstić information content (AvgIpc) is 3.74. The number of rotatable bonds is 13. The Morgan fingerprint density at radius 3 is 2.26 bits per heavy atom. The van der Waals surface area contributed by atoms with Crippen molar-refractivity contribution >= 4 is 11.5 Å². The zero-order chi connectivity index (χ0) is 31.9. The van der Waals surface area contributed by atoms with Gasteiger partial charge in [-0.1, -0.05) is 91.8 Å². The largest absolute Gasteiger partial charge is 0.493 e. The van der Waals surface area contributed by atoms with E-state index in [1.54, 1.807) is 0 Å². The Hall–Kier alpha value is -5.50. The summed E-state index contributed by atoms with van der Waals surface area (Å²) in [6.07, 6.45) is 1.18. The molecule has 2 aromatic heterocycles. The second kappa shape index (κ2) is 14.1. The van der Waals surface area contributed by atoms with E-state index in [1.165, 1.54) is 0 Å². The molecule has 0 unspecified atom stereocenters. The third-order valence-electron chi connectivity index (χ3n) is 7.69. The van der Waals surface area contributed by atoms with Gasteiger partial charge in [0.1, 0.15) is 17.6 Å². The maximum Gasteiger partial charge on any atom is 0.249 e. The Bertz CT molecular complexity index is 1880. The molecule has 8 heteroatoms. The number of para-hydroxylation sites is 1. The maximum atomic E-state index is 13.4. The van der Waals surface area contributed by atoms with Crippen LogP contribution < -0.4 is 10.1 Å². The minimum absolute atomic E-state index is 0.0607. The summed E-state index contributed by atoms with van der Waals surface area (Å²) in [5.41, 5.74) is 4.78. The van der Waals surface area contributed by atoms with Crippen LogP contribution in [0.5, 0.6) is 5.75 Å². The van der Waals surface area contributed by atoms with Gasteiger partial charge in [-0.05, 0) is 48.9 Å². The standard InChI is InChI=1S/C38H36N4O4/c1-25(2)36-41-38(46-42-36)34(39-33-17-11-10-16-31(33)35(43)28-12-6-4-7-13-28)24-27-18-20-30(21-19-27)44-23-22-32-26(3)45-37(40-32)29-14-8-5-9-15-29/h4-21,25,34,39H,22-24H2,1-3H3/t34-/m0/s1. The summed E-state index contributed by atoms with van der Waals surface area (Å²) in [6.45, 7) is 6.44. The summed E-state index contributed by atoms with van der Waals surface area (Å²) in [6, 6.07) is 34.2. The number of anilines is 1. The Kier molecular flexibility index (Phi) is 9.34. The number of aromatic nitrogens is 3. The van der Waals surface area contributed by atoms with Crippen LogP contribution >= 0.6 is 0 Å². The van der Waals surface area contributed by atoms with Crippen LogP contribution in [0.15, 0.2) is 118 Å². The monoisotopic (exact) mass is 612 g/mol. The average molecular weight is 613 g/mol. The molecule has 6 aromatic rings. The molecule has 0 saturated heterocycles. The number of oxazole rings is 1. The number of carbonyl (C=O) groups excluding carboxylic acids is 1. The molecule has 0 bridgehead atoms. The number of carbonyl (C=O) groups is 1. The Labute approximate surface area is 268 Å². The molecule has 232 valence electrons. The number of ether oxygens (including phenoxy) is 1. The fourth-order valence-electron chi connectivity index (χ4n) is 5.15. The van der Waals surface area contributed by atoms with E-state index in [4.69, 9.17) is 13.7 Å². The van der Waals surface area contributed by atoms with E-state index in [0.29, 0.717) is 53.9 Å². The molecular weight excluding hydrogens is 576 g/mol. The van der Waals surface area contributed by atoms with Crippen LogP contribution in [0.4, 0.5) is 5.69 Å². The maximum absolute atomic E-state index is 13.4. The number of aryl methyl sites for hydroxylation is 1. The fourth-order valence-corrected chi connectivity index (χ4v) is 5.15. The molecule has 0 aliphatic carbocycles. The fraction of sp³-hybridized carbons (Fsp3) is 0.211. The summed E-state index contributed by atoms with van der Waals surface area (Å²) in [4.78, 5) is 22.8.